The molecular weight excluding hydrogens is 524 g/mol. The van der Waals surface area contributed by atoms with E-state index in [1.165, 1.54) is 6.20 Å². The molecule has 3 aromatic heterocycles. The number of rotatable bonds is 9. The molecule has 1 saturated carbocycles. The number of ether oxygens (including phenoxy) is 3. The molecule has 5 rings (SSSR count). The molecule has 1 atom stereocenters. The number of methoxy groups -OCH3 is 2. The van der Waals surface area contributed by atoms with Gasteiger partial charge in [-0.05, 0) is 50.8 Å². The molecule has 13 heteroatoms. The van der Waals surface area contributed by atoms with Gasteiger partial charge in [0, 0.05) is 6.07 Å². The highest BCUT2D eigenvalue weighted by atomic mass is 32.2. The molecule has 0 aliphatic heterocycles. The minimum Gasteiger partial charge on any atom is -0.494 e. The molecule has 1 aliphatic rings. The van der Waals surface area contributed by atoms with Gasteiger partial charge in [0.25, 0.3) is 0 Å². The lowest BCUT2D eigenvalue weighted by Crippen LogP contribution is -2.46. The fraction of sp³-hybridized carbons (Fsp3) is 0.385. The highest BCUT2D eigenvalue weighted by Gasteiger charge is 2.41. The van der Waals surface area contributed by atoms with Crippen molar-refractivity contribution in [3.8, 4) is 34.6 Å². The third-order valence-electron chi connectivity index (χ3n) is 6.69. The van der Waals surface area contributed by atoms with Gasteiger partial charge in [0.2, 0.25) is 5.88 Å². The number of nitrogens with one attached hydrogen (secondary N) is 1. The first-order valence-corrected chi connectivity index (χ1v) is 13.6. The highest BCUT2D eigenvalue weighted by molar-refractivity contribution is 7.80. The Balaban J connectivity index is 1.72. The number of anilines is 1. The topological polar surface area (TPSA) is 154 Å². The Morgan fingerprint density at radius 2 is 1.77 bits per heavy atom. The molecule has 12 nitrogen and oxygen atoms in total. The molecule has 1 aromatic carbocycles. The predicted molar refractivity (Wildman–Crippen MR) is 146 cm³/mol. The van der Waals surface area contributed by atoms with Crippen LogP contribution < -0.4 is 19.5 Å². The van der Waals surface area contributed by atoms with Crippen molar-refractivity contribution in [2.75, 3.05) is 26.1 Å². The molecule has 39 heavy (non-hydrogen) atoms. The van der Waals surface area contributed by atoms with Crippen molar-refractivity contribution in [1.82, 2.24) is 24.5 Å². The number of aromatic nitrogens is 5. The summed E-state index contributed by atoms with van der Waals surface area (Å²) in [5.41, 5.74) is 1.73. The first-order valence-electron chi connectivity index (χ1n) is 12.5. The number of fused-ring (bicyclic) bond motifs is 1. The molecule has 0 bridgehead atoms. The van der Waals surface area contributed by atoms with Crippen molar-refractivity contribution in [2.45, 2.75) is 43.6 Å². The van der Waals surface area contributed by atoms with Crippen LogP contribution >= 0.6 is 0 Å². The quantitative estimate of drug-likeness (QED) is 0.260. The van der Waals surface area contributed by atoms with Gasteiger partial charge >= 0.3 is 0 Å². The molecule has 1 unspecified atom stereocenters. The van der Waals surface area contributed by atoms with Gasteiger partial charge in [-0.2, -0.15) is 0 Å². The number of para-hydroxylation sites is 1. The Bertz CT molecular complexity index is 1480. The Kier molecular flexibility index (Phi) is 7.64. The van der Waals surface area contributed by atoms with Gasteiger partial charge in [-0.3, -0.25) is 4.57 Å². The minimum atomic E-state index is -2.22. The van der Waals surface area contributed by atoms with E-state index in [4.69, 9.17) is 24.2 Å². The average Bonchev–Trinajstić information content (AvgIpc) is 3.32. The molecule has 1 aliphatic carbocycles. The molecule has 0 saturated heterocycles. The summed E-state index contributed by atoms with van der Waals surface area (Å²) >= 11 is -2.22. The fourth-order valence-electron chi connectivity index (χ4n) is 4.76. The summed E-state index contributed by atoms with van der Waals surface area (Å²) in [5, 5.41) is 13.1. The molecular formula is C26H30N6O6S. The first-order chi connectivity index (χ1) is 18.9. The zero-order valence-electron chi connectivity index (χ0n) is 21.8. The number of hydrogen-bond acceptors (Lipinski definition) is 10. The Labute approximate surface area is 227 Å². The SMILES string of the molecule is CCOc1cccc(-c2nc3ncc(NC4(S(=O)O)CCC(O)CC4)nc3n2-c2c(OC)cccc2OC)n1. The third-order valence-corrected chi connectivity index (χ3v) is 7.87. The van der Waals surface area contributed by atoms with Crippen LogP contribution in [-0.2, 0) is 11.1 Å². The van der Waals surface area contributed by atoms with Crippen LogP contribution in [0, 0.1) is 0 Å². The number of aliphatic hydroxyl groups excluding tert-OH is 1. The third kappa shape index (κ3) is 5.12. The number of aliphatic hydroxyl groups is 1. The summed E-state index contributed by atoms with van der Waals surface area (Å²) in [6, 6.07) is 10.8. The summed E-state index contributed by atoms with van der Waals surface area (Å²) in [6.07, 6.45) is 2.38. The average molecular weight is 555 g/mol. The molecule has 4 aromatic rings. The van der Waals surface area contributed by atoms with E-state index in [1.54, 1.807) is 43.1 Å². The van der Waals surface area contributed by atoms with Gasteiger partial charge in [-0.15, -0.1) is 0 Å². The van der Waals surface area contributed by atoms with Crippen LogP contribution in [-0.4, -0.2) is 70.2 Å². The van der Waals surface area contributed by atoms with E-state index in [0.29, 0.717) is 84.0 Å². The van der Waals surface area contributed by atoms with E-state index in [2.05, 4.69) is 15.3 Å². The molecule has 1 fully saturated rings. The maximum Gasteiger partial charge on any atom is 0.213 e. The zero-order chi connectivity index (χ0) is 27.6. The fourth-order valence-corrected chi connectivity index (χ4v) is 5.54. The standard InChI is InChI=1S/C26H30N6O6S/c1-4-38-21-10-5-7-17(28-21)24-30-23-25(32(24)22-18(36-2)8-6-9-19(22)37-3)29-20(15-27-23)31-26(39(34)35)13-11-16(33)12-14-26/h5-10,15-16,33H,4,11-14H2,1-3H3,(H,29,31)(H,34,35). The summed E-state index contributed by atoms with van der Waals surface area (Å²) in [6.45, 7) is 2.33. The first kappa shape index (κ1) is 26.8. The Hall–Kier alpha value is -3.81. The van der Waals surface area contributed by atoms with Gasteiger partial charge in [0.1, 0.15) is 33.6 Å². The van der Waals surface area contributed by atoms with Gasteiger partial charge in [0.15, 0.2) is 28.2 Å². The molecule has 3 N–H and O–H groups in total. The van der Waals surface area contributed by atoms with Crippen LogP contribution in [0.4, 0.5) is 5.82 Å². The lowest BCUT2D eigenvalue weighted by atomic mass is 9.92. The van der Waals surface area contributed by atoms with Gasteiger partial charge in [-0.1, -0.05) is 12.1 Å². The maximum atomic E-state index is 12.4. The summed E-state index contributed by atoms with van der Waals surface area (Å²) < 4.78 is 41.4. The zero-order valence-corrected chi connectivity index (χ0v) is 22.6. The summed E-state index contributed by atoms with van der Waals surface area (Å²) in [7, 11) is 3.11. The van der Waals surface area contributed by atoms with E-state index in [1.807, 2.05) is 19.1 Å². The monoisotopic (exact) mass is 554 g/mol. The molecule has 0 radical (unpaired) electrons. The number of benzene rings is 1. The molecule has 0 amide bonds. The van der Waals surface area contributed by atoms with Crippen molar-refractivity contribution in [3.05, 3.63) is 42.6 Å². The number of pyridine rings is 1. The smallest absolute Gasteiger partial charge is 0.213 e. The second-order valence-electron chi connectivity index (χ2n) is 9.08. The van der Waals surface area contributed by atoms with Crippen LogP contribution in [0.15, 0.2) is 42.6 Å². The largest absolute Gasteiger partial charge is 0.494 e. The van der Waals surface area contributed by atoms with E-state index < -0.39 is 22.1 Å². The van der Waals surface area contributed by atoms with Crippen LogP contribution in [0.1, 0.15) is 32.6 Å². The molecule has 206 valence electrons. The summed E-state index contributed by atoms with van der Waals surface area (Å²) in [5.74, 6) is 2.16. The van der Waals surface area contributed by atoms with Crippen molar-refractivity contribution < 1.29 is 28.1 Å². The Morgan fingerprint density at radius 3 is 2.41 bits per heavy atom. The maximum absolute atomic E-state index is 12.4. The second kappa shape index (κ2) is 11.1. The van der Waals surface area contributed by atoms with E-state index in [0.717, 1.165) is 0 Å². The normalized spacial score (nSPS) is 20.0. The van der Waals surface area contributed by atoms with Crippen molar-refractivity contribution in [3.63, 3.8) is 0 Å². The predicted octanol–water partition coefficient (Wildman–Crippen LogP) is 3.56. The molecule has 0 spiro atoms. The van der Waals surface area contributed by atoms with Crippen molar-refractivity contribution >= 4 is 28.2 Å². The van der Waals surface area contributed by atoms with Crippen LogP contribution in [0.2, 0.25) is 0 Å². The van der Waals surface area contributed by atoms with Crippen molar-refractivity contribution in [2.24, 2.45) is 0 Å². The van der Waals surface area contributed by atoms with Crippen molar-refractivity contribution in [1.29, 1.82) is 0 Å². The van der Waals surface area contributed by atoms with Crippen LogP contribution in [0.3, 0.4) is 0 Å². The van der Waals surface area contributed by atoms with Gasteiger partial charge in [0.05, 0.1) is 33.1 Å². The summed E-state index contributed by atoms with van der Waals surface area (Å²) in [4.78, 5) is 17.5. The van der Waals surface area contributed by atoms with Crippen LogP contribution in [0.5, 0.6) is 17.4 Å². The van der Waals surface area contributed by atoms with E-state index >= 15 is 0 Å². The minimum absolute atomic E-state index is 0.291. The lowest BCUT2D eigenvalue weighted by molar-refractivity contribution is 0.119. The number of hydrogen-bond donors (Lipinski definition) is 3. The van der Waals surface area contributed by atoms with E-state index in [9.17, 15) is 13.9 Å². The Morgan fingerprint density at radius 1 is 1.08 bits per heavy atom. The second-order valence-corrected chi connectivity index (χ2v) is 10.4. The van der Waals surface area contributed by atoms with E-state index in [-0.39, 0.29) is 0 Å². The number of imidazole rings is 1. The van der Waals surface area contributed by atoms with Gasteiger partial charge < -0.3 is 29.2 Å². The highest BCUT2D eigenvalue weighted by Crippen LogP contribution is 2.39. The van der Waals surface area contributed by atoms with Gasteiger partial charge in [-0.25, -0.2) is 24.1 Å². The molecule has 3 heterocycles. The lowest BCUT2D eigenvalue weighted by Gasteiger charge is -2.36. The number of nitrogens with zero attached hydrogens (tertiary/aromatic N) is 5. The van der Waals surface area contributed by atoms with Crippen LogP contribution in [0.25, 0.3) is 28.5 Å².